The van der Waals surface area contributed by atoms with Crippen LogP contribution in [0.2, 0.25) is 0 Å². The molecule has 2 atom stereocenters. The zero-order valence-electron chi connectivity index (χ0n) is 12.1. The topological polar surface area (TPSA) is 82.8 Å². The van der Waals surface area contributed by atoms with Crippen LogP contribution in [-0.2, 0) is 4.74 Å². The van der Waals surface area contributed by atoms with Crippen LogP contribution < -0.4 is 5.73 Å². The summed E-state index contributed by atoms with van der Waals surface area (Å²) in [5.74, 6) is 0.380. The van der Waals surface area contributed by atoms with Gasteiger partial charge in [-0.3, -0.25) is 0 Å². The summed E-state index contributed by atoms with van der Waals surface area (Å²) < 4.78 is 5.60. The van der Waals surface area contributed by atoms with E-state index in [9.17, 15) is 10.5 Å². The van der Waals surface area contributed by atoms with E-state index in [-0.39, 0.29) is 17.7 Å². The molecule has 0 saturated heterocycles. The maximum absolute atomic E-state index is 9.58. The summed E-state index contributed by atoms with van der Waals surface area (Å²) in [5.41, 5.74) is 7.52. The summed E-state index contributed by atoms with van der Waals surface area (Å²) in [6.07, 6.45) is 0.844. The average Bonchev–Trinajstić information content (AvgIpc) is 2.53. The largest absolute Gasteiger partial charge is 0.439 e. The lowest BCUT2D eigenvalue weighted by Crippen LogP contribution is -2.25. The van der Waals surface area contributed by atoms with Crippen LogP contribution in [-0.4, -0.2) is 0 Å². The summed E-state index contributed by atoms with van der Waals surface area (Å²) >= 11 is 0. The molecule has 0 aromatic heterocycles. The molecule has 4 heteroatoms. The Balaban J connectivity index is 2.62. The van der Waals surface area contributed by atoms with Gasteiger partial charge in [0, 0.05) is 11.5 Å². The van der Waals surface area contributed by atoms with E-state index in [1.54, 1.807) is 0 Å². The molecule has 0 saturated carbocycles. The van der Waals surface area contributed by atoms with Crippen molar-refractivity contribution in [2.75, 3.05) is 0 Å². The van der Waals surface area contributed by atoms with Crippen molar-refractivity contribution < 1.29 is 4.74 Å². The highest BCUT2D eigenvalue weighted by molar-refractivity contribution is 5.71. The van der Waals surface area contributed by atoms with E-state index in [1.165, 1.54) is 0 Å². The van der Waals surface area contributed by atoms with Crippen LogP contribution in [0.5, 0.6) is 0 Å². The highest BCUT2D eigenvalue weighted by Crippen LogP contribution is 2.40. The molecule has 2 unspecified atom stereocenters. The fourth-order valence-corrected chi connectivity index (χ4v) is 2.51. The molecule has 0 radical (unpaired) electrons. The van der Waals surface area contributed by atoms with Crippen molar-refractivity contribution in [3.63, 3.8) is 0 Å². The van der Waals surface area contributed by atoms with Crippen molar-refractivity contribution in [2.45, 2.75) is 20.3 Å². The first-order chi connectivity index (χ1) is 10.1. The van der Waals surface area contributed by atoms with E-state index in [2.05, 4.69) is 12.1 Å². The van der Waals surface area contributed by atoms with E-state index in [0.717, 1.165) is 12.0 Å². The Hall–Kier alpha value is -2.72. The summed E-state index contributed by atoms with van der Waals surface area (Å²) in [4.78, 5) is 0. The fraction of sp³-hybridized carbons (Fsp3) is 0.294. The van der Waals surface area contributed by atoms with Gasteiger partial charge in [0.15, 0.2) is 5.76 Å². The molecule has 2 rings (SSSR count). The second-order valence-electron chi connectivity index (χ2n) is 5.08. The maximum Gasteiger partial charge on any atom is 0.205 e. The van der Waals surface area contributed by atoms with Crippen LogP contribution in [0.4, 0.5) is 0 Å². The second-order valence-corrected chi connectivity index (χ2v) is 5.08. The Labute approximate surface area is 124 Å². The highest BCUT2D eigenvalue weighted by Gasteiger charge is 2.35. The first kappa shape index (κ1) is 14.7. The smallest absolute Gasteiger partial charge is 0.205 e. The lowest BCUT2D eigenvalue weighted by molar-refractivity contribution is 0.328. The molecular weight excluding hydrogens is 262 g/mol. The third-order valence-electron chi connectivity index (χ3n) is 3.83. The third kappa shape index (κ3) is 2.61. The molecule has 1 aliphatic heterocycles. The van der Waals surface area contributed by atoms with Gasteiger partial charge in [-0.1, -0.05) is 50.6 Å². The summed E-state index contributed by atoms with van der Waals surface area (Å²) in [7, 11) is 0. The Kier molecular flexibility index (Phi) is 4.30. The Morgan fingerprint density at radius 2 is 1.81 bits per heavy atom. The molecule has 1 heterocycles. The van der Waals surface area contributed by atoms with E-state index >= 15 is 0 Å². The van der Waals surface area contributed by atoms with Crippen LogP contribution in [0.25, 0.3) is 5.76 Å². The fourth-order valence-electron chi connectivity index (χ4n) is 2.51. The number of hydrogen-bond acceptors (Lipinski definition) is 4. The molecule has 21 heavy (non-hydrogen) atoms. The van der Waals surface area contributed by atoms with Crippen molar-refractivity contribution in [3.05, 3.63) is 52.9 Å². The molecular formula is C17H17N3O. The van der Waals surface area contributed by atoms with Gasteiger partial charge >= 0.3 is 0 Å². The standard InChI is InChI=1S/C17H17N3O/c1-3-11(2)15-13(9-18)16(12-7-5-4-6-8-12)21-17(20)14(15)10-19/h4-8,11,15H,3,20H2,1-2H3. The number of ether oxygens (including phenoxy) is 1. The maximum atomic E-state index is 9.58. The molecule has 0 bridgehead atoms. The van der Waals surface area contributed by atoms with Crippen LogP contribution in [0, 0.1) is 34.5 Å². The molecule has 1 aromatic rings. The quantitative estimate of drug-likeness (QED) is 0.920. The van der Waals surface area contributed by atoms with Gasteiger partial charge in [-0.25, -0.2) is 0 Å². The Bertz CT molecular complexity index is 674. The summed E-state index contributed by atoms with van der Waals surface area (Å²) in [5, 5.41) is 18.9. The van der Waals surface area contributed by atoms with Gasteiger partial charge in [0.25, 0.3) is 0 Å². The molecule has 2 N–H and O–H groups in total. The predicted molar refractivity (Wildman–Crippen MR) is 79.8 cm³/mol. The van der Waals surface area contributed by atoms with Gasteiger partial charge in [0.1, 0.15) is 6.07 Å². The number of allylic oxidation sites excluding steroid dienone is 2. The number of nitrogens with zero attached hydrogens (tertiary/aromatic N) is 2. The van der Waals surface area contributed by atoms with Gasteiger partial charge in [0.2, 0.25) is 5.88 Å². The Morgan fingerprint density at radius 3 is 2.33 bits per heavy atom. The molecule has 0 amide bonds. The molecule has 106 valence electrons. The van der Waals surface area contributed by atoms with E-state index in [1.807, 2.05) is 44.2 Å². The highest BCUT2D eigenvalue weighted by atomic mass is 16.5. The normalized spacial score (nSPS) is 19.5. The lowest BCUT2D eigenvalue weighted by atomic mass is 9.78. The SMILES string of the molecule is CCC(C)C1C(C#N)=C(N)OC(c2ccccc2)=C1C#N. The van der Waals surface area contributed by atoms with Crippen molar-refractivity contribution >= 4 is 5.76 Å². The molecule has 0 spiro atoms. The number of rotatable bonds is 3. The minimum absolute atomic E-state index is 0.0978. The Morgan fingerprint density at radius 1 is 1.19 bits per heavy atom. The third-order valence-corrected chi connectivity index (χ3v) is 3.83. The molecule has 1 aromatic carbocycles. The zero-order chi connectivity index (χ0) is 15.4. The number of hydrogen-bond donors (Lipinski definition) is 1. The van der Waals surface area contributed by atoms with Crippen LogP contribution >= 0.6 is 0 Å². The second kappa shape index (κ2) is 6.15. The van der Waals surface area contributed by atoms with E-state index in [0.29, 0.717) is 16.9 Å². The number of nitrogens with two attached hydrogens (primary N) is 1. The van der Waals surface area contributed by atoms with Crippen LogP contribution in [0.3, 0.4) is 0 Å². The van der Waals surface area contributed by atoms with Crippen molar-refractivity contribution in [1.82, 2.24) is 0 Å². The van der Waals surface area contributed by atoms with Crippen molar-refractivity contribution in [2.24, 2.45) is 17.6 Å². The van der Waals surface area contributed by atoms with Crippen molar-refractivity contribution in [3.8, 4) is 12.1 Å². The number of benzene rings is 1. The summed E-state index contributed by atoms with van der Waals surface area (Å²) in [6.45, 7) is 4.04. The molecule has 4 nitrogen and oxygen atoms in total. The molecule has 0 fully saturated rings. The predicted octanol–water partition coefficient (Wildman–Crippen LogP) is 3.31. The summed E-state index contributed by atoms with van der Waals surface area (Å²) in [6, 6.07) is 13.7. The molecule has 1 aliphatic rings. The zero-order valence-corrected chi connectivity index (χ0v) is 12.1. The van der Waals surface area contributed by atoms with Gasteiger partial charge < -0.3 is 10.5 Å². The monoisotopic (exact) mass is 279 g/mol. The van der Waals surface area contributed by atoms with Gasteiger partial charge in [-0.15, -0.1) is 0 Å². The van der Waals surface area contributed by atoms with E-state index < -0.39 is 0 Å². The minimum Gasteiger partial charge on any atom is -0.439 e. The first-order valence-corrected chi connectivity index (χ1v) is 6.91. The first-order valence-electron chi connectivity index (χ1n) is 6.91. The van der Waals surface area contributed by atoms with Crippen molar-refractivity contribution in [1.29, 1.82) is 10.5 Å². The van der Waals surface area contributed by atoms with Gasteiger partial charge in [0.05, 0.1) is 17.2 Å². The average molecular weight is 279 g/mol. The number of nitriles is 2. The van der Waals surface area contributed by atoms with E-state index in [4.69, 9.17) is 10.5 Å². The lowest BCUT2D eigenvalue weighted by Gasteiger charge is -2.29. The minimum atomic E-state index is -0.311. The van der Waals surface area contributed by atoms with Gasteiger partial charge in [-0.2, -0.15) is 10.5 Å². The van der Waals surface area contributed by atoms with Crippen LogP contribution in [0.15, 0.2) is 47.4 Å². The van der Waals surface area contributed by atoms with Crippen LogP contribution in [0.1, 0.15) is 25.8 Å². The molecule has 0 aliphatic carbocycles. The van der Waals surface area contributed by atoms with Gasteiger partial charge in [-0.05, 0) is 5.92 Å².